The number of aromatic nitrogens is 2. The first kappa shape index (κ1) is 21.1. The molecule has 0 aliphatic carbocycles. The number of hydrogen-bond acceptors (Lipinski definition) is 5. The van der Waals surface area contributed by atoms with Gasteiger partial charge in [-0.05, 0) is 37.1 Å². The van der Waals surface area contributed by atoms with Crippen molar-refractivity contribution in [3.8, 4) is 5.75 Å². The third-order valence-electron chi connectivity index (χ3n) is 5.84. The fraction of sp³-hybridized carbons (Fsp3) is 0.375. The fourth-order valence-electron chi connectivity index (χ4n) is 4.11. The second kappa shape index (κ2) is 9.31. The van der Waals surface area contributed by atoms with Gasteiger partial charge in [-0.1, -0.05) is 30.3 Å². The molecule has 2 heterocycles. The van der Waals surface area contributed by atoms with Crippen molar-refractivity contribution >= 4 is 16.7 Å². The summed E-state index contributed by atoms with van der Waals surface area (Å²) in [6.45, 7) is 5.77. The lowest BCUT2D eigenvalue weighted by molar-refractivity contribution is -0.132. The summed E-state index contributed by atoms with van der Waals surface area (Å²) in [6.07, 6.45) is 0.904. The van der Waals surface area contributed by atoms with Crippen LogP contribution in [0.15, 0.2) is 53.3 Å². The summed E-state index contributed by atoms with van der Waals surface area (Å²) in [4.78, 5) is 29.9. The van der Waals surface area contributed by atoms with Crippen LogP contribution in [0.3, 0.4) is 0 Å². The summed E-state index contributed by atoms with van der Waals surface area (Å²) < 4.78 is 6.53. The number of carbonyl (C=O) groups excluding carboxylic acids is 1. The molecule has 1 aliphatic heterocycles. The predicted octanol–water partition coefficient (Wildman–Crippen LogP) is 2.45. The molecule has 7 heteroatoms. The summed E-state index contributed by atoms with van der Waals surface area (Å²) >= 11 is 0. The van der Waals surface area contributed by atoms with E-state index in [1.165, 1.54) is 10.2 Å². The molecule has 0 spiro atoms. The highest BCUT2D eigenvalue weighted by molar-refractivity contribution is 5.83. The molecular weight excluding hydrogens is 392 g/mol. The average molecular weight is 421 g/mol. The van der Waals surface area contributed by atoms with Crippen molar-refractivity contribution in [2.45, 2.75) is 26.4 Å². The molecule has 1 fully saturated rings. The molecule has 3 aromatic rings. The summed E-state index contributed by atoms with van der Waals surface area (Å²) in [6, 6.07) is 15.5. The molecule has 0 atom stereocenters. The molecular formula is C24H28N4O3. The van der Waals surface area contributed by atoms with Crippen LogP contribution in [-0.4, -0.2) is 58.8 Å². The predicted molar refractivity (Wildman–Crippen MR) is 120 cm³/mol. The number of amides is 1. The van der Waals surface area contributed by atoms with Crippen LogP contribution < -0.4 is 10.3 Å². The zero-order chi connectivity index (χ0) is 21.8. The van der Waals surface area contributed by atoms with Gasteiger partial charge in [0.15, 0.2) is 0 Å². The van der Waals surface area contributed by atoms with Gasteiger partial charge in [-0.25, -0.2) is 4.68 Å². The Kier molecular flexibility index (Phi) is 6.32. The SMILES string of the molecule is COc1ccc(CN2CCCN(C(=O)Cn3nc(C)c4ccccc4c3=O)CC2)cc1. The molecule has 31 heavy (non-hydrogen) atoms. The van der Waals surface area contributed by atoms with Crippen molar-refractivity contribution in [1.29, 1.82) is 0 Å². The monoisotopic (exact) mass is 420 g/mol. The molecule has 4 rings (SSSR count). The van der Waals surface area contributed by atoms with Crippen molar-refractivity contribution in [2.24, 2.45) is 0 Å². The summed E-state index contributed by atoms with van der Waals surface area (Å²) in [5.74, 6) is 0.791. The van der Waals surface area contributed by atoms with Crippen molar-refractivity contribution in [3.63, 3.8) is 0 Å². The van der Waals surface area contributed by atoms with Crippen LogP contribution in [0.5, 0.6) is 5.75 Å². The normalized spacial score (nSPS) is 15.1. The van der Waals surface area contributed by atoms with E-state index in [2.05, 4.69) is 22.1 Å². The van der Waals surface area contributed by atoms with Gasteiger partial charge in [0.05, 0.1) is 18.2 Å². The maximum absolute atomic E-state index is 12.9. The molecule has 162 valence electrons. The van der Waals surface area contributed by atoms with Gasteiger partial charge >= 0.3 is 0 Å². The van der Waals surface area contributed by atoms with Crippen molar-refractivity contribution < 1.29 is 9.53 Å². The van der Waals surface area contributed by atoms with Crippen LogP contribution in [0.1, 0.15) is 17.7 Å². The van der Waals surface area contributed by atoms with Gasteiger partial charge in [-0.3, -0.25) is 14.5 Å². The highest BCUT2D eigenvalue weighted by Gasteiger charge is 2.21. The Bertz CT molecular complexity index is 1120. The van der Waals surface area contributed by atoms with Gasteiger partial charge in [-0.15, -0.1) is 0 Å². The van der Waals surface area contributed by atoms with E-state index in [1.807, 2.05) is 42.2 Å². The van der Waals surface area contributed by atoms with E-state index in [0.717, 1.165) is 42.9 Å². The third-order valence-corrected chi connectivity index (χ3v) is 5.84. The van der Waals surface area contributed by atoms with Crippen LogP contribution in [0.25, 0.3) is 10.8 Å². The van der Waals surface area contributed by atoms with Crippen molar-refractivity contribution in [1.82, 2.24) is 19.6 Å². The van der Waals surface area contributed by atoms with Gasteiger partial charge in [-0.2, -0.15) is 5.10 Å². The number of nitrogens with zero attached hydrogens (tertiary/aromatic N) is 4. The van der Waals surface area contributed by atoms with Crippen molar-refractivity contribution in [2.75, 3.05) is 33.3 Å². The minimum Gasteiger partial charge on any atom is -0.497 e. The summed E-state index contributed by atoms with van der Waals surface area (Å²) in [5, 5.41) is 5.81. The number of ether oxygens (including phenoxy) is 1. The number of carbonyl (C=O) groups is 1. The lowest BCUT2D eigenvalue weighted by atomic mass is 10.1. The molecule has 1 saturated heterocycles. The Morgan fingerprint density at radius 1 is 1.00 bits per heavy atom. The summed E-state index contributed by atoms with van der Waals surface area (Å²) in [7, 11) is 1.66. The minimum absolute atomic E-state index is 0.0248. The lowest BCUT2D eigenvalue weighted by Crippen LogP contribution is -2.39. The second-order valence-electron chi connectivity index (χ2n) is 7.95. The van der Waals surface area contributed by atoms with E-state index < -0.39 is 0 Å². The number of hydrogen-bond donors (Lipinski definition) is 0. The fourth-order valence-corrected chi connectivity index (χ4v) is 4.11. The van der Waals surface area contributed by atoms with E-state index in [4.69, 9.17) is 4.74 Å². The highest BCUT2D eigenvalue weighted by Crippen LogP contribution is 2.15. The molecule has 0 saturated carbocycles. The maximum Gasteiger partial charge on any atom is 0.275 e. The largest absolute Gasteiger partial charge is 0.497 e. The van der Waals surface area contributed by atoms with Gasteiger partial charge in [0.1, 0.15) is 12.3 Å². The molecule has 1 amide bonds. The topological polar surface area (TPSA) is 67.7 Å². The van der Waals surface area contributed by atoms with Gasteiger partial charge in [0.25, 0.3) is 5.56 Å². The molecule has 0 radical (unpaired) electrons. The summed E-state index contributed by atoms with van der Waals surface area (Å²) in [5.41, 5.74) is 1.76. The first-order chi connectivity index (χ1) is 15.0. The van der Waals surface area contributed by atoms with Gasteiger partial charge in [0.2, 0.25) is 5.91 Å². The Morgan fingerprint density at radius 2 is 1.74 bits per heavy atom. The van der Waals surface area contributed by atoms with E-state index in [9.17, 15) is 9.59 Å². The minimum atomic E-state index is -0.217. The first-order valence-electron chi connectivity index (χ1n) is 10.6. The van der Waals surface area contributed by atoms with Crippen LogP contribution in [0.4, 0.5) is 0 Å². The first-order valence-corrected chi connectivity index (χ1v) is 10.6. The molecule has 1 aliphatic rings. The van der Waals surface area contributed by atoms with E-state index in [1.54, 1.807) is 13.2 Å². The van der Waals surface area contributed by atoms with Gasteiger partial charge in [0, 0.05) is 38.1 Å². The lowest BCUT2D eigenvalue weighted by Gasteiger charge is -2.22. The standard InChI is InChI=1S/C24H28N4O3/c1-18-21-6-3-4-7-22(21)24(30)28(25-18)17-23(29)27-13-5-12-26(14-15-27)16-19-8-10-20(31-2)11-9-19/h3-4,6-11H,5,12-17H2,1-2H3. The van der Waals surface area contributed by atoms with Crippen molar-refractivity contribution in [3.05, 3.63) is 70.1 Å². The number of benzene rings is 2. The quantitative estimate of drug-likeness (QED) is 0.634. The zero-order valence-electron chi connectivity index (χ0n) is 18.1. The van der Waals surface area contributed by atoms with Crippen LogP contribution >= 0.6 is 0 Å². The van der Waals surface area contributed by atoms with E-state index in [-0.39, 0.29) is 18.0 Å². The molecule has 0 unspecified atom stereocenters. The van der Waals surface area contributed by atoms with Crippen LogP contribution in [0.2, 0.25) is 0 Å². The highest BCUT2D eigenvalue weighted by atomic mass is 16.5. The number of fused-ring (bicyclic) bond motifs is 1. The smallest absolute Gasteiger partial charge is 0.275 e. The number of aryl methyl sites for hydroxylation is 1. The molecule has 0 N–H and O–H groups in total. The van der Waals surface area contributed by atoms with E-state index >= 15 is 0 Å². The maximum atomic E-state index is 12.9. The molecule has 7 nitrogen and oxygen atoms in total. The Balaban J connectivity index is 1.40. The second-order valence-corrected chi connectivity index (χ2v) is 7.95. The van der Waals surface area contributed by atoms with Crippen LogP contribution in [-0.2, 0) is 17.9 Å². The Hall–Kier alpha value is -3.19. The Labute approximate surface area is 181 Å². The number of rotatable bonds is 5. The average Bonchev–Trinajstić information content (AvgIpc) is 3.03. The molecule has 2 aromatic carbocycles. The molecule has 0 bridgehead atoms. The zero-order valence-corrected chi connectivity index (χ0v) is 18.1. The van der Waals surface area contributed by atoms with Gasteiger partial charge < -0.3 is 9.64 Å². The van der Waals surface area contributed by atoms with E-state index in [0.29, 0.717) is 18.5 Å². The number of methoxy groups -OCH3 is 1. The third kappa shape index (κ3) is 4.77. The molecule has 1 aromatic heterocycles. The Morgan fingerprint density at radius 3 is 2.48 bits per heavy atom. The van der Waals surface area contributed by atoms with Crippen LogP contribution in [0, 0.1) is 6.92 Å².